The van der Waals surface area contributed by atoms with Crippen LogP contribution in [-0.4, -0.2) is 22.0 Å². The molecular weight excluding hydrogens is 232 g/mol. The Bertz CT molecular complexity index is 527. The second kappa shape index (κ2) is 4.88. The summed E-state index contributed by atoms with van der Waals surface area (Å²) in [5.74, 6) is 0.820. The molecular formula is C12H12N4S. The summed E-state index contributed by atoms with van der Waals surface area (Å²) in [5.41, 5.74) is 7.44. The van der Waals surface area contributed by atoms with E-state index in [2.05, 4.69) is 9.97 Å². The first-order chi connectivity index (χ1) is 8.18. The number of rotatable bonds is 3. The molecule has 0 saturated heterocycles. The third-order valence-corrected chi connectivity index (χ3v) is 2.66. The standard InChI is InChI=1S/C12H12N4S/c1-16(11-5-6-14-8-15-11)10-4-2-3-9(7-10)12(13)17/h2-8H,1H3,(H2,13,17). The number of nitrogens with two attached hydrogens (primary N) is 1. The molecule has 86 valence electrons. The normalized spacial score (nSPS) is 9.94. The van der Waals surface area contributed by atoms with Crippen LogP contribution in [0.5, 0.6) is 0 Å². The van der Waals surface area contributed by atoms with Crippen LogP contribution in [0.1, 0.15) is 5.56 Å². The fraction of sp³-hybridized carbons (Fsp3) is 0.0833. The highest BCUT2D eigenvalue weighted by Gasteiger charge is 2.06. The predicted octanol–water partition coefficient (Wildman–Crippen LogP) is 1.88. The topological polar surface area (TPSA) is 55.0 Å². The summed E-state index contributed by atoms with van der Waals surface area (Å²) >= 11 is 4.96. The van der Waals surface area contributed by atoms with Crippen LogP contribution >= 0.6 is 12.2 Å². The minimum Gasteiger partial charge on any atom is -0.389 e. The first-order valence-corrected chi connectivity index (χ1v) is 5.49. The fourth-order valence-corrected chi connectivity index (χ4v) is 1.61. The van der Waals surface area contributed by atoms with Gasteiger partial charge in [0.1, 0.15) is 17.1 Å². The molecule has 0 saturated carbocycles. The molecule has 4 nitrogen and oxygen atoms in total. The summed E-state index contributed by atoms with van der Waals surface area (Å²) < 4.78 is 0. The molecule has 0 spiro atoms. The molecule has 2 rings (SSSR count). The molecule has 0 fully saturated rings. The predicted molar refractivity (Wildman–Crippen MR) is 72.4 cm³/mol. The highest BCUT2D eigenvalue weighted by atomic mass is 32.1. The molecule has 0 amide bonds. The number of anilines is 2. The Morgan fingerprint density at radius 3 is 2.82 bits per heavy atom. The number of aromatic nitrogens is 2. The van der Waals surface area contributed by atoms with Gasteiger partial charge in [0, 0.05) is 24.5 Å². The Morgan fingerprint density at radius 1 is 1.35 bits per heavy atom. The van der Waals surface area contributed by atoms with Crippen molar-refractivity contribution in [2.45, 2.75) is 0 Å². The zero-order valence-corrected chi connectivity index (χ0v) is 10.2. The van der Waals surface area contributed by atoms with Gasteiger partial charge < -0.3 is 10.6 Å². The molecule has 0 unspecified atom stereocenters. The third-order valence-electron chi connectivity index (χ3n) is 2.43. The summed E-state index contributed by atoms with van der Waals surface area (Å²) in [6, 6.07) is 9.56. The van der Waals surface area contributed by atoms with Gasteiger partial charge in [-0.05, 0) is 18.2 Å². The number of thiocarbonyl (C=S) groups is 1. The Morgan fingerprint density at radius 2 is 2.18 bits per heavy atom. The molecule has 0 radical (unpaired) electrons. The van der Waals surface area contributed by atoms with Gasteiger partial charge in [0.15, 0.2) is 0 Å². The first kappa shape index (κ1) is 11.5. The van der Waals surface area contributed by atoms with Crippen LogP contribution in [0.15, 0.2) is 42.9 Å². The van der Waals surface area contributed by atoms with Crippen LogP contribution < -0.4 is 10.6 Å². The second-order valence-corrected chi connectivity index (χ2v) is 3.98. The Kier molecular flexibility index (Phi) is 3.30. The summed E-state index contributed by atoms with van der Waals surface area (Å²) in [7, 11) is 1.93. The number of nitrogens with zero attached hydrogens (tertiary/aromatic N) is 3. The lowest BCUT2D eigenvalue weighted by Crippen LogP contribution is -2.14. The molecule has 17 heavy (non-hydrogen) atoms. The van der Waals surface area contributed by atoms with Crippen molar-refractivity contribution in [1.82, 2.24) is 9.97 Å². The van der Waals surface area contributed by atoms with Gasteiger partial charge in [-0.2, -0.15) is 0 Å². The molecule has 0 aliphatic carbocycles. The molecule has 2 aromatic rings. The summed E-state index contributed by atoms with van der Waals surface area (Å²) in [5, 5.41) is 0. The monoisotopic (exact) mass is 244 g/mol. The van der Waals surface area contributed by atoms with E-state index in [1.54, 1.807) is 6.20 Å². The minimum atomic E-state index is 0.392. The van der Waals surface area contributed by atoms with Crippen molar-refractivity contribution in [2.24, 2.45) is 5.73 Å². The van der Waals surface area contributed by atoms with Crippen molar-refractivity contribution in [3.63, 3.8) is 0 Å². The highest BCUT2D eigenvalue weighted by Crippen LogP contribution is 2.21. The van der Waals surface area contributed by atoms with E-state index in [0.717, 1.165) is 17.1 Å². The third kappa shape index (κ3) is 2.57. The largest absolute Gasteiger partial charge is 0.389 e. The van der Waals surface area contributed by atoms with Gasteiger partial charge in [-0.3, -0.25) is 0 Å². The zero-order chi connectivity index (χ0) is 12.3. The van der Waals surface area contributed by atoms with Gasteiger partial charge in [-0.15, -0.1) is 0 Å². The van der Waals surface area contributed by atoms with Crippen LogP contribution in [-0.2, 0) is 0 Å². The summed E-state index contributed by atoms with van der Waals surface area (Å²) in [4.78, 5) is 10.4. The maximum Gasteiger partial charge on any atom is 0.136 e. The van der Waals surface area contributed by atoms with Crippen molar-refractivity contribution in [3.8, 4) is 0 Å². The molecule has 0 atom stereocenters. The molecule has 2 N–H and O–H groups in total. The van der Waals surface area contributed by atoms with Crippen molar-refractivity contribution in [1.29, 1.82) is 0 Å². The Hall–Kier alpha value is -2.01. The molecule has 1 aromatic carbocycles. The lowest BCUT2D eigenvalue weighted by molar-refractivity contribution is 1.08. The smallest absolute Gasteiger partial charge is 0.136 e. The summed E-state index contributed by atoms with van der Waals surface area (Å²) in [6.45, 7) is 0. The zero-order valence-electron chi connectivity index (χ0n) is 9.37. The molecule has 5 heteroatoms. The molecule has 0 aliphatic heterocycles. The van der Waals surface area contributed by atoms with Crippen LogP contribution in [0.2, 0.25) is 0 Å². The van der Waals surface area contributed by atoms with Gasteiger partial charge in [0.2, 0.25) is 0 Å². The van der Waals surface area contributed by atoms with Crippen molar-refractivity contribution >= 4 is 28.7 Å². The highest BCUT2D eigenvalue weighted by molar-refractivity contribution is 7.80. The van der Waals surface area contributed by atoms with Gasteiger partial charge in [0.25, 0.3) is 0 Å². The first-order valence-electron chi connectivity index (χ1n) is 5.08. The molecule has 0 aliphatic rings. The Balaban J connectivity index is 2.34. The van der Waals surface area contributed by atoms with E-state index >= 15 is 0 Å². The average Bonchev–Trinajstić information content (AvgIpc) is 2.39. The SMILES string of the molecule is CN(c1cccc(C(N)=S)c1)c1ccncn1. The summed E-state index contributed by atoms with van der Waals surface area (Å²) in [6.07, 6.45) is 3.22. The molecule has 1 heterocycles. The van der Waals surface area contributed by atoms with Crippen LogP contribution in [0.3, 0.4) is 0 Å². The minimum absolute atomic E-state index is 0.392. The van der Waals surface area contributed by atoms with Crippen molar-refractivity contribution in [3.05, 3.63) is 48.4 Å². The van der Waals surface area contributed by atoms with E-state index in [4.69, 9.17) is 18.0 Å². The average molecular weight is 244 g/mol. The Labute approximate surface area is 105 Å². The van der Waals surface area contributed by atoms with Gasteiger partial charge in [0.05, 0.1) is 0 Å². The van der Waals surface area contributed by atoms with Crippen LogP contribution in [0.4, 0.5) is 11.5 Å². The lowest BCUT2D eigenvalue weighted by atomic mass is 10.2. The van der Waals surface area contributed by atoms with Crippen molar-refractivity contribution in [2.75, 3.05) is 11.9 Å². The number of benzene rings is 1. The quantitative estimate of drug-likeness (QED) is 0.835. The van der Waals surface area contributed by atoms with E-state index in [-0.39, 0.29) is 0 Å². The van der Waals surface area contributed by atoms with E-state index in [1.807, 2.05) is 42.3 Å². The lowest BCUT2D eigenvalue weighted by Gasteiger charge is -2.18. The maximum atomic E-state index is 5.61. The van der Waals surface area contributed by atoms with E-state index in [0.29, 0.717) is 4.99 Å². The van der Waals surface area contributed by atoms with Gasteiger partial charge >= 0.3 is 0 Å². The van der Waals surface area contributed by atoms with Gasteiger partial charge in [-0.1, -0.05) is 24.4 Å². The molecule has 0 bridgehead atoms. The van der Waals surface area contributed by atoms with E-state index in [9.17, 15) is 0 Å². The fourth-order valence-electron chi connectivity index (χ4n) is 1.48. The second-order valence-electron chi connectivity index (χ2n) is 3.54. The number of hydrogen-bond acceptors (Lipinski definition) is 4. The molecule has 1 aromatic heterocycles. The maximum absolute atomic E-state index is 5.61. The van der Waals surface area contributed by atoms with Crippen molar-refractivity contribution < 1.29 is 0 Å². The van der Waals surface area contributed by atoms with Gasteiger partial charge in [-0.25, -0.2) is 9.97 Å². The number of hydrogen-bond donors (Lipinski definition) is 1. The van der Waals surface area contributed by atoms with E-state index in [1.165, 1.54) is 6.33 Å². The van der Waals surface area contributed by atoms with Crippen LogP contribution in [0.25, 0.3) is 0 Å². The van der Waals surface area contributed by atoms with Crippen LogP contribution in [0, 0.1) is 0 Å². The van der Waals surface area contributed by atoms with E-state index < -0.39 is 0 Å².